The Kier molecular flexibility index (Phi) is 2.89. The van der Waals surface area contributed by atoms with Crippen LogP contribution in [0.15, 0.2) is 24.5 Å². The average molecular weight is 255 g/mol. The van der Waals surface area contributed by atoms with E-state index in [4.69, 9.17) is 4.74 Å². The maximum absolute atomic E-state index is 5.37. The van der Waals surface area contributed by atoms with E-state index in [1.54, 1.807) is 7.11 Å². The first kappa shape index (κ1) is 12.3. The molecule has 0 aromatic heterocycles. The van der Waals surface area contributed by atoms with E-state index in [1.165, 1.54) is 27.9 Å². The fraction of sp³-hybridized carbons (Fsp3) is 0.412. The van der Waals surface area contributed by atoms with Crippen molar-refractivity contribution in [3.8, 4) is 0 Å². The lowest BCUT2D eigenvalue weighted by Crippen LogP contribution is -2.13. The van der Waals surface area contributed by atoms with E-state index in [-0.39, 0.29) is 5.92 Å². The van der Waals surface area contributed by atoms with E-state index in [0.29, 0.717) is 0 Å². The van der Waals surface area contributed by atoms with Crippen molar-refractivity contribution in [1.29, 1.82) is 0 Å². The fourth-order valence-corrected chi connectivity index (χ4v) is 3.34. The molecule has 0 radical (unpaired) electrons. The third kappa shape index (κ3) is 1.70. The van der Waals surface area contributed by atoms with Crippen LogP contribution in [0.1, 0.15) is 35.1 Å². The Bertz CT molecular complexity index is 571. The van der Waals surface area contributed by atoms with E-state index < -0.39 is 0 Å². The van der Waals surface area contributed by atoms with Crippen LogP contribution in [0.2, 0.25) is 0 Å². The molecule has 0 N–H and O–H groups in total. The first-order valence-corrected chi connectivity index (χ1v) is 6.98. The molecule has 1 aliphatic heterocycles. The van der Waals surface area contributed by atoms with Gasteiger partial charge in [-0.1, -0.05) is 25.7 Å². The summed E-state index contributed by atoms with van der Waals surface area (Å²) in [6.07, 6.45) is 6.70. The molecule has 1 unspecified atom stereocenters. The highest BCUT2D eigenvalue weighted by molar-refractivity contribution is 5.77. The summed E-state index contributed by atoms with van der Waals surface area (Å²) >= 11 is 0. The number of rotatable bonds is 3. The highest BCUT2D eigenvalue weighted by atomic mass is 16.5. The second kappa shape index (κ2) is 4.44. The van der Waals surface area contributed by atoms with Crippen LogP contribution in [-0.2, 0) is 17.6 Å². The minimum Gasteiger partial charge on any atom is -0.501 e. The summed E-state index contributed by atoms with van der Waals surface area (Å²) in [7, 11) is 3.89. The Labute approximate surface area is 115 Å². The number of aryl methyl sites for hydroxylation is 1. The molecule has 0 saturated heterocycles. The lowest BCUT2D eigenvalue weighted by atomic mass is 9.89. The number of benzene rings is 1. The van der Waals surface area contributed by atoms with Crippen molar-refractivity contribution in [2.45, 2.75) is 25.7 Å². The molecule has 1 aromatic rings. The Hall–Kier alpha value is -1.70. The zero-order valence-electron chi connectivity index (χ0n) is 12.0. The number of methoxy groups -OCH3 is 1. The summed E-state index contributed by atoms with van der Waals surface area (Å²) < 4.78 is 5.37. The van der Waals surface area contributed by atoms with E-state index in [0.717, 1.165) is 25.1 Å². The maximum Gasteiger partial charge on any atom is 0.0996 e. The number of allylic oxidation sites excluding steroid dienone is 1. The van der Waals surface area contributed by atoms with Crippen LogP contribution in [0.25, 0.3) is 6.08 Å². The highest BCUT2D eigenvalue weighted by Crippen LogP contribution is 2.44. The van der Waals surface area contributed by atoms with Gasteiger partial charge in [0.05, 0.1) is 18.8 Å². The van der Waals surface area contributed by atoms with E-state index in [2.05, 4.69) is 43.7 Å². The second-order valence-corrected chi connectivity index (χ2v) is 5.39. The topological polar surface area (TPSA) is 12.5 Å². The van der Waals surface area contributed by atoms with E-state index >= 15 is 0 Å². The smallest absolute Gasteiger partial charge is 0.0996 e. The van der Waals surface area contributed by atoms with Gasteiger partial charge in [0.2, 0.25) is 0 Å². The summed E-state index contributed by atoms with van der Waals surface area (Å²) in [6.45, 7) is 7.40. The van der Waals surface area contributed by atoms with Crippen molar-refractivity contribution in [3.63, 3.8) is 0 Å². The Morgan fingerprint density at radius 2 is 2.32 bits per heavy atom. The summed E-state index contributed by atoms with van der Waals surface area (Å²) in [4.78, 5) is 2.36. The number of hydrogen-bond donors (Lipinski definition) is 0. The molecule has 0 fully saturated rings. The normalized spacial score (nSPS) is 19.5. The SMILES string of the molecule is C=C(OC)C1C=Cc2c3c(cc(CC)c21)N(C)CC3. The lowest BCUT2D eigenvalue weighted by Gasteiger charge is -2.20. The molecule has 1 aliphatic carbocycles. The van der Waals surface area contributed by atoms with Crippen molar-refractivity contribution in [2.75, 3.05) is 25.6 Å². The molecule has 2 aliphatic rings. The van der Waals surface area contributed by atoms with Gasteiger partial charge in [-0.2, -0.15) is 0 Å². The Morgan fingerprint density at radius 1 is 1.53 bits per heavy atom. The molecule has 0 bridgehead atoms. The van der Waals surface area contributed by atoms with Crippen LogP contribution in [0.4, 0.5) is 5.69 Å². The number of likely N-dealkylation sites (N-methyl/N-ethyl adjacent to an activating group) is 1. The van der Waals surface area contributed by atoms with Crippen molar-refractivity contribution >= 4 is 11.8 Å². The predicted octanol–water partition coefficient (Wildman–Crippen LogP) is 3.51. The molecular formula is C17H21NO. The number of nitrogens with zero attached hydrogens (tertiary/aromatic N) is 1. The van der Waals surface area contributed by atoms with Crippen LogP contribution < -0.4 is 4.90 Å². The summed E-state index contributed by atoms with van der Waals surface area (Å²) in [5.41, 5.74) is 7.17. The third-order valence-corrected chi connectivity index (χ3v) is 4.45. The highest BCUT2D eigenvalue weighted by Gasteiger charge is 2.30. The van der Waals surface area contributed by atoms with Gasteiger partial charge in [-0.3, -0.25) is 0 Å². The van der Waals surface area contributed by atoms with Crippen molar-refractivity contribution in [3.05, 3.63) is 46.7 Å². The number of anilines is 1. The molecule has 0 saturated carbocycles. The maximum atomic E-state index is 5.37. The standard InChI is InChI=1S/C17H21NO/c1-5-12-10-16-14(8-9-18(16)3)15-7-6-13(17(12)15)11(2)19-4/h6-7,10,13H,2,5,8-9H2,1,3-4H3. The van der Waals surface area contributed by atoms with Gasteiger partial charge in [0, 0.05) is 19.3 Å². The minimum atomic E-state index is 0.228. The molecule has 1 aromatic carbocycles. The van der Waals surface area contributed by atoms with E-state index in [9.17, 15) is 0 Å². The minimum absolute atomic E-state index is 0.228. The van der Waals surface area contributed by atoms with Crippen LogP contribution in [0.5, 0.6) is 0 Å². The summed E-state index contributed by atoms with van der Waals surface area (Å²) in [5, 5.41) is 0. The first-order chi connectivity index (χ1) is 9.17. The zero-order valence-corrected chi connectivity index (χ0v) is 12.0. The predicted molar refractivity (Wildman–Crippen MR) is 80.7 cm³/mol. The zero-order chi connectivity index (χ0) is 13.6. The summed E-state index contributed by atoms with van der Waals surface area (Å²) in [5.74, 6) is 1.07. The van der Waals surface area contributed by atoms with Gasteiger partial charge in [0.15, 0.2) is 0 Å². The number of hydrogen-bond acceptors (Lipinski definition) is 2. The molecule has 2 heteroatoms. The van der Waals surface area contributed by atoms with E-state index in [1.807, 2.05) is 0 Å². The molecule has 19 heavy (non-hydrogen) atoms. The molecule has 1 atom stereocenters. The van der Waals surface area contributed by atoms with Gasteiger partial charge >= 0.3 is 0 Å². The van der Waals surface area contributed by atoms with Gasteiger partial charge in [0.1, 0.15) is 0 Å². The molecule has 3 rings (SSSR count). The Balaban J connectivity index is 2.18. The van der Waals surface area contributed by atoms with Crippen molar-refractivity contribution in [1.82, 2.24) is 0 Å². The first-order valence-electron chi connectivity index (χ1n) is 6.98. The molecule has 0 spiro atoms. The van der Waals surface area contributed by atoms with Gasteiger partial charge in [0.25, 0.3) is 0 Å². The van der Waals surface area contributed by atoms with Gasteiger partial charge in [-0.15, -0.1) is 0 Å². The number of ether oxygens (including phenoxy) is 1. The fourth-order valence-electron chi connectivity index (χ4n) is 3.34. The lowest BCUT2D eigenvalue weighted by molar-refractivity contribution is 0.277. The van der Waals surface area contributed by atoms with Crippen LogP contribution in [-0.4, -0.2) is 20.7 Å². The van der Waals surface area contributed by atoms with Crippen LogP contribution in [0, 0.1) is 0 Å². The van der Waals surface area contributed by atoms with Crippen LogP contribution >= 0.6 is 0 Å². The quantitative estimate of drug-likeness (QED) is 0.766. The van der Waals surface area contributed by atoms with Crippen molar-refractivity contribution < 1.29 is 4.74 Å². The summed E-state index contributed by atoms with van der Waals surface area (Å²) in [6, 6.07) is 2.37. The van der Waals surface area contributed by atoms with Gasteiger partial charge in [-0.05, 0) is 41.2 Å². The second-order valence-electron chi connectivity index (χ2n) is 5.39. The molecule has 2 nitrogen and oxygen atoms in total. The monoisotopic (exact) mass is 255 g/mol. The Morgan fingerprint density at radius 3 is 3.00 bits per heavy atom. The largest absolute Gasteiger partial charge is 0.501 e. The molecule has 1 heterocycles. The van der Waals surface area contributed by atoms with Crippen LogP contribution in [0.3, 0.4) is 0 Å². The van der Waals surface area contributed by atoms with Gasteiger partial charge < -0.3 is 9.64 Å². The number of fused-ring (bicyclic) bond motifs is 3. The van der Waals surface area contributed by atoms with Crippen molar-refractivity contribution in [2.24, 2.45) is 0 Å². The van der Waals surface area contributed by atoms with Gasteiger partial charge in [-0.25, -0.2) is 0 Å². The average Bonchev–Trinajstić information content (AvgIpc) is 3.01. The molecule has 100 valence electrons. The molecular weight excluding hydrogens is 234 g/mol. The molecule has 0 amide bonds. The third-order valence-electron chi connectivity index (χ3n) is 4.45.